The maximum Gasteiger partial charge on any atom is 0.0303 e. The van der Waals surface area contributed by atoms with E-state index in [1.165, 1.54) is 5.75 Å². The minimum absolute atomic E-state index is 0.735. The second-order valence-corrected chi connectivity index (χ2v) is 4.30. The first-order chi connectivity index (χ1) is 3.39. The molecule has 0 radical (unpaired) electrons. The van der Waals surface area contributed by atoms with Gasteiger partial charge in [0.25, 0.3) is 0 Å². The Hall–Kier alpha value is 0.440. The molecule has 0 spiro atoms. The van der Waals surface area contributed by atoms with Crippen molar-refractivity contribution in [2.24, 2.45) is 0 Å². The summed E-state index contributed by atoms with van der Waals surface area (Å²) in [5, 5.41) is 0.735. The average molecular weight is 132 g/mol. The number of hydrogen-bond acceptors (Lipinski definition) is 2. The summed E-state index contributed by atoms with van der Waals surface area (Å²) in [5.41, 5.74) is 0. The second kappa shape index (κ2) is 2.68. The lowest BCUT2D eigenvalue weighted by molar-refractivity contribution is 1.25. The molecule has 0 bridgehead atoms. The summed E-state index contributed by atoms with van der Waals surface area (Å²) >= 11 is 0. The van der Waals surface area contributed by atoms with E-state index in [0.717, 1.165) is 5.25 Å². The maximum absolute atomic E-state index is 2.25. The normalized spacial score (nSPS) is 30.7. The molecule has 7 heavy (non-hydrogen) atoms. The largest absolute Gasteiger partial charge is 0.0894 e. The summed E-state index contributed by atoms with van der Waals surface area (Å²) in [6, 6.07) is 0. The van der Waals surface area contributed by atoms with E-state index in [4.69, 9.17) is 0 Å². The molecule has 0 fully saturated rings. The van der Waals surface area contributed by atoms with Gasteiger partial charge in [-0.3, -0.25) is 0 Å². The average Bonchev–Trinajstić information content (AvgIpc) is 1.69. The smallest absolute Gasteiger partial charge is 0.0303 e. The van der Waals surface area contributed by atoms with Gasteiger partial charge in [0.15, 0.2) is 0 Å². The predicted octanol–water partition coefficient (Wildman–Crippen LogP) is 2.33. The topological polar surface area (TPSA) is 0 Å². The molecule has 0 aliphatic carbocycles. The maximum atomic E-state index is 2.25. The Kier molecular flexibility index (Phi) is 2.13. The highest BCUT2D eigenvalue weighted by molar-refractivity contribution is 8.77. The van der Waals surface area contributed by atoms with Crippen molar-refractivity contribution in [3.63, 3.8) is 0 Å². The van der Waals surface area contributed by atoms with Crippen molar-refractivity contribution in [1.82, 2.24) is 0 Å². The van der Waals surface area contributed by atoms with E-state index >= 15 is 0 Å². The quantitative estimate of drug-likeness (QED) is 0.366. The molecule has 0 aromatic heterocycles. The van der Waals surface area contributed by atoms with Crippen LogP contribution in [0.4, 0.5) is 0 Å². The van der Waals surface area contributed by atoms with Gasteiger partial charge in [0, 0.05) is 11.0 Å². The molecule has 1 rings (SSSR count). The Morgan fingerprint density at radius 2 is 2.57 bits per heavy atom. The standard InChI is InChI=1S/C5H8S2/c1-5-3-2-4-6-7-5/h2-3,5H,4H2,1H3. The predicted molar refractivity (Wildman–Crippen MR) is 38.7 cm³/mol. The Balaban J connectivity index is 2.36. The van der Waals surface area contributed by atoms with Crippen LogP contribution in [0.2, 0.25) is 0 Å². The van der Waals surface area contributed by atoms with Crippen LogP contribution in [0.25, 0.3) is 0 Å². The Bertz CT molecular complexity index is 78.1. The van der Waals surface area contributed by atoms with Gasteiger partial charge in [0.1, 0.15) is 0 Å². The Labute approximate surface area is 52.1 Å². The molecule has 0 nitrogen and oxygen atoms in total. The molecule has 0 aromatic rings. The van der Waals surface area contributed by atoms with Crippen LogP contribution >= 0.6 is 21.6 Å². The van der Waals surface area contributed by atoms with Crippen molar-refractivity contribution in [2.75, 3.05) is 5.75 Å². The Morgan fingerprint density at radius 1 is 1.71 bits per heavy atom. The molecule has 0 amide bonds. The van der Waals surface area contributed by atoms with E-state index in [9.17, 15) is 0 Å². The van der Waals surface area contributed by atoms with E-state index in [2.05, 4.69) is 19.1 Å². The highest BCUT2D eigenvalue weighted by Crippen LogP contribution is 2.30. The zero-order chi connectivity index (χ0) is 5.11. The molecule has 0 aromatic carbocycles. The summed E-state index contributed by atoms with van der Waals surface area (Å²) in [7, 11) is 3.88. The molecule has 0 N–H and O–H groups in total. The fourth-order valence-corrected chi connectivity index (χ4v) is 2.43. The molecule has 1 aliphatic heterocycles. The summed E-state index contributed by atoms with van der Waals surface area (Å²) in [6.07, 6.45) is 4.48. The van der Waals surface area contributed by atoms with E-state index in [0.29, 0.717) is 0 Å². The first kappa shape index (κ1) is 5.57. The van der Waals surface area contributed by atoms with Gasteiger partial charge in [-0.05, 0) is 6.92 Å². The molecule has 1 unspecified atom stereocenters. The van der Waals surface area contributed by atoms with E-state index in [1.807, 2.05) is 21.6 Å². The second-order valence-electron chi connectivity index (χ2n) is 1.51. The third-order valence-electron chi connectivity index (χ3n) is 0.791. The molecule has 0 saturated heterocycles. The zero-order valence-electron chi connectivity index (χ0n) is 4.26. The van der Waals surface area contributed by atoms with Crippen LogP contribution < -0.4 is 0 Å². The minimum Gasteiger partial charge on any atom is -0.0894 e. The van der Waals surface area contributed by atoms with Crippen LogP contribution in [0, 0.1) is 0 Å². The molecular formula is C5H8S2. The van der Waals surface area contributed by atoms with Crippen molar-refractivity contribution >= 4 is 21.6 Å². The van der Waals surface area contributed by atoms with Crippen LogP contribution in [-0.4, -0.2) is 11.0 Å². The summed E-state index contributed by atoms with van der Waals surface area (Å²) in [4.78, 5) is 0. The van der Waals surface area contributed by atoms with Crippen molar-refractivity contribution < 1.29 is 0 Å². The number of rotatable bonds is 0. The monoisotopic (exact) mass is 132 g/mol. The van der Waals surface area contributed by atoms with Gasteiger partial charge >= 0.3 is 0 Å². The first-order valence-electron chi connectivity index (χ1n) is 2.34. The molecule has 1 aliphatic rings. The molecule has 1 atom stereocenters. The lowest BCUT2D eigenvalue weighted by Crippen LogP contribution is -1.90. The van der Waals surface area contributed by atoms with E-state index in [-0.39, 0.29) is 0 Å². The third kappa shape index (κ3) is 1.78. The van der Waals surface area contributed by atoms with Gasteiger partial charge < -0.3 is 0 Å². The summed E-state index contributed by atoms with van der Waals surface area (Å²) in [5.74, 6) is 1.19. The van der Waals surface area contributed by atoms with Crippen LogP contribution in [0.15, 0.2) is 12.2 Å². The Morgan fingerprint density at radius 3 is 2.86 bits per heavy atom. The van der Waals surface area contributed by atoms with Gasteiger partial charge in [-0.25, -0.2) is 0 Å². The third-order valence-corrected chi connectivity index (χ3v) is 3.44. The summed E-state index contributed by atoms with van der Waals surface area (Å²) in [6.45, 7) is 2.22. The fourth-order valence-electron chi connectivity index (χ4n) is 0.465. The SMILES string of the molecule is CC1C=CCSS1. The van der Waals surface area contributed by atoms with Gasteiger partial charge in [-0.1, -0.05) is 33.7 Å². The molecule has 40 valence electrons. The first-order valence-corrected chi connectivity index (χ1v) is 4.73. The van der Waals surface area contributed by atoms with Crippen LogP contribution in [0.5, 0.6) is 0 Å². The van der Waals surface area contributed by atoms with Crippen molar-refractivity contribution in [3.05, 3.63) is 12.2 Å². The van der Waals surface area contributed by atoms with Gasteiger partial charge in [0.2, 0.25) is 0 Å². The van der Waals surface area contributed by atoms with Crippen molar-refractivity contribution in [2.45, 2.75) is 12.2 Å². The lowest BCUT2D eigenvalue weighted by Gasteiger charge is -2.07. The lowest BCUT2D eigenvalue weighted by atomic mass is 10.4. The minimum atomic E-state index is 0.735. The highest BCUT2D eigenvalue weighted by Gasteiger charge is 2.00. The highest BCUT2D eigenvalue weighted by atomic mass is 33.1. The van der Waals surface area contributed by atoms with Gasteiger partial charge in [-0.15, -0.1) is 0 Å². The molecule has 2 heteroatoms. The van der Waals surface area contributed by atoms with Gasteiger partial charge in [-0.2, -0.15) is 0 Å². The van der Waals surface area contributed by atoms with Crippen LogP contribution in [0.1, 0.15) is 6.92 Å². The van der Waals surface area contributed by atoms with E-state index in [1.54, 1.807) is 0 Å². The zero-order valence-corrected chi connectivity index (χ0v) is 5.89. The molecule has 0 saturated carbocycles. The van der Waals surface area contributed by atoms with Crippen molar-refractivity contribution in [1.29, 1.82) is 0 Å². The van der Waals surface area contributed by atoms with E-state index < -0.39 is 0 Å². The van der Waals surface area contributed by atoms with Crippen LogP contribution in [-0.2, 0) is 0 Å². The molecular weight excluding hydrogens is 124 g/mol. The van der Waals surface area contributed by atoms with Gasteiger partial charge in [0.05, 0.1) is 0 Å². The van der Waals surface area contributed by atoms with Crippen LogP contribution in [0.3, 0.4) is 0 Å². The fraction of sp³-hybridized carbons (Fsp3) is 0.600. The van der Waals surface area contributed by atoms with Crippen molar-refractivity contribution in [3.8, 4) is 0 Å². The summed E-state index contributed by atoms with van der Waals surface area (Å²) < 4.78 is 0. The molecule has 1 heterocycles. The number of hydrogen-bond donors (Lipinski definition) is 0.